The van der Waals surface area contributed by atoms with Crippen molar-refractivity contribution in [1.29, 1.82) is 0 Å². The van der Waals surface area contributed by atoms with Crippen LogP contribution >= 0.6 is 0 Å². The summed E-state index contributed by atoms with van der Waals surface area (Å²) in [5.41, 5.74) is 2.34. The third-order valence-electron chi connectivity index (χ3n) is 18.6. The lowest BCUT2D eigenvalue weighted by atomic mass is 9.87. The van der Waals surface area contributed by atoms with Gasteiger partial charge in [0.2, 0.25) is 11.8 Å². The van der Waals surface area contributed by atoms with Crippen LogP contribution in [0.4, 0.5) is 19.4 Å². The van der Waals surface area contributed by atoms with Crippen LogP contribution in [-0.4, -0.2) is 150 Å². The van der Waals surface area contributed by atoms with Crippen molar-refractivity contribution in [3.05, 3.63) is 88.0 Å². The summed E-state index contributed by atoms with van der Waals surface area (Å²) in [4.78, 5) is 73.6. The van der Waals surface area contributed by atoms with E-state index in [1.807, 2.05) is 24.3 Å². The molecule has 7 atom stereocenters. The van der Waals surface area contributed by atoms with E-state index in [4.69, 9.17) is 25.9 Å². The monoisotopic (exact) mass is 1080 g/mol. The number of fused-ring (bicyclic) bond motifs is 6. The van der Waals surface area contributed by atoms with Crippen molar-refractivity contribution in [3.63, 3.8) is 0 Å². The highest BCUT2D eigenvalue weighted by Gasteiger charge is 2.51. The highest BCUT2D eigenvalue weighted by atomic mass is 19.1. The number of carboxylic acid groups (broad SMARTS) is 1. The molecule has 7 aliphatic rings. The average Bonchev–Trinajstić information content (AvgIpc) is 4.38. The van der Waals surface area contributed by atoms with E-state index in [9.17, 15) is 24.3 Å². The molecule has 79 heavy (non-hydrogen) atoms. The molecule has 10 heterocycles. The number of hydrogen-bond donors (Lipinski definition) is 3. The van der Waals surface area contributed by atoms with Crippen LogP contribution in [0.1, 0.15) is 94.2 Å². The van der Waals surface area contributed by atoms with E-state index in [0.717, 1.165) is 88.5 Å². The summed E-state index contributed by atoms with van der Waals surface area (Å²) < 4.78 is 49.3. The maximum absolute atomic E-state index is 17.4. The molecule has 18 nitrogen and oxygen atoms in total. The Labute approximate surface area is 455 Å². The number of halogens is 2. The fraction of sp³-hybridized carbons (Fsp3) is 0.508. The highest BCUT2D eigenvalue weighted by Crippen LogP contribution is 2.46. The number of aromatic nitrogens is 5. The van der Waals surface area contributed by atoms with Gasteiger partial charge in [-0.3, -0.25) is 38.8 Å². The number of piperazine rings is 1. The largest absolute Gasteiger partial charge is 0.465 e. The Bertz CT molecular complexity index is 3530. The van der Waals surface area contributed by atoms with Gasteiger partial charge >= 0.3 is 17.8 Å². The van der Waals surface area contributed by atoms with Gasteiger partial charge in [0.15, 0.2) is 5.82 Å². The number of imide groups is 1. The van der Waals surface area contributed by atoms with Crippen molar-refractivity contribution in [3.8, 4) is 29.6 Å². The van der Waals surface area contributed by atoms with Gasteiger partial charge in [0.05, 0.1) is 39.7 Å². The molecule has 3 aromatic heterocycles. The number of amides is 3. The molecule has 6 aromatic rings. The quantitative estimate of drug-likeness (QED) is 0.0890. The molecule has 412 valence electrons. The van der Waals surface area contributed by atoms with Gasteiger partial charge in [-0.2, -0.15) is 9.97 Å². The smallest absolute Gasteiger partial charge is 0.407 e. The molecule has 0 radical (unpaired) electrons. The molecule has 0 aliphatic carbocycles. The second-order valence-electron chi connectivity index (χ2n) is 23.2. The van der Waals surface area contributed by atoms with E-state index in [1.165, 1.54) is 10.6 Å². The molecule has 20 heteroatoms. The van der Waals surface area contributed by atoms with Gasteiger partial charge in [0.1, 0.15) is 35.5 Å². The van der Waals surface area contributed by atoms with Crippen LogP contribution in [0.25, 0.3) is 44.0 Å². The predicted octanol–water partition coefficient (Wildman–Crippen LogP) is 6.49. The minimum atomic E-state index is -0.913. The van der Waals surface area contributed by atoms with E-state index in [2.05, 4.69) is 36.2 Å². The van der Waals surface area contributed by atoms with Crippen LogP contribution in [-0.2, 0) is 27.9 Å². The number of benzene rings is 3. The summed E-state index contributed by atoms with van der Waals surface area (Å²) in [7, 11) is 1.71. The number of pyridine rings is 1. The molecule has 3 amide bonds. The highest BCUT2D eigenvalue weighted by molar-refractivity contribution is 6.02. The molecule has 7 fully saturated rings. The number of aryl methyl sites for hydroxylation is 1. The molecule has 7 aliphatic heterocycles. The lowest BCUT2D eigenvalue weighted by Crippen LogP contribution is -2.52. The molecule has 2 bridgehead atoms. The van der Waals surface area contributed by atoms with Crippen LogP contribution in [0, 0.1) is 29.9 Å². The number of carbonyl (C=O) groups excluding carboxylic acids is 2. The third kappa shape index (κ3) is 9.35. The Kier molecular flexibility index (Phi) is 13.4. The second-order valence-corrected chi connectivity index (χ2v) is 23.2. The van der Waals surface area contributed by atoms with E-state index in [-0.39, 0.29) is 89.0 Å². The van der Waals surface area contributed by atoms with Crippen LogP contribution in [0.2, 0.25) is 0 Å². The zero-order valence-corrected chi connectivity index (χ0v) is 44.3. The number of piperidine rings is 3. The molecule has 0 saturated carbocycles. The number of imidazole rings is 1. The Morgan fingerprint density at radius 1 is 0.924 bits per heavy atom. The first-order valence-electron chi connectivity index (χ1n) is 28.2. The van der Waals surface area contributed by atoms with Crippen LogP contribution in [0.3, 0.4) is 0 Å². The molecular weight excluding hydrogens is 1010 g/mol. The number of rotatable bonds is 12. The number of anilines is 1. The Morgan fingerprint density at radius 2 is 1.75 bits per heavy atom. The van der Waals surface area contributed by atoms with Crippen LogP contribution < -0.4 is 26.0 Å². The second kappa shape index (κ2) is 20.6. The number of nitrogens with one attached hydrogen (secondary N) is 2. The lowest BCUT2D eigenvalue weighted by Gasteiger charge is -2.43. The van der Waals surface area contributed by atoms with Gasteiger partial charge in [-0.25, -0.2) is 18.4 Å². The number of ether oxygens (including phenoxy) is 2. The number of terminal acetylenes is 1. The zero-order chi connectivity index (χ0) is 54.3. The van der Waals surface area contributed by atoms with Gasteiger partial charge < -0.3 is 29.7 Å². The van der Waals surface area contributed by atoms with Crippen molar-refractivity contribution in [1.82, 2.24) is 49.4 Å². The fourth-order valence-electron chi connectivity index (χ4n) is 14.6. The fourth-order valence-corrected chi connectivity index (χ4v) is 14.6. The lowest BCUT2D eigenvalue weighted by molar-refractivity contribution is -0.135. The normalized spacial score (nSPS) is 26.8. The summed E-state index contributed by atoms with van der Waals surface area (Å²) >= 11 is 0. The standard InChI is InChI=1S/C59H65F2N11O7/c1-3-41-44(60)12-9-35-6-4-7-42(50(35)41)52-51(61)53-43(28-62-52)54(70-31-37-10-11-38(32-70)63-37)66-56(65-53)78-33-59-20-5-22-71(59)39(16-21-59)27-36-30-69(58(76)77)25-19-48(36)79-40-17-23-68(24-18-40)29-34-8-13-45-47(26-34)67(2)57(75)72(45)46-14-15-49(73)64-55(46)74/h1,4,6-9,12-13,26,28,36-40,46,48,63H,5,10-11,14-25,27,29-33H2,2H3,(H,76,77)(H,64,73,74)/t36?,37?,38?,39-,46?,48?,59-/m0/s1. The number of likely N-dealkylation sites (tertiary alicyclic amines) is 2. The summed E-state index contributed by atoms with van der Waals surface area (Å²) in [6, 6.07) is 14.3. The average molecular weight is 1080 g/mol. The van der Waals surface area contributed by atoms with Crippen LogP contribution in [0.5, 0.6) is 6.01 Å². The van der Waals surface area contributed by atoms with E-state index in [0.29, 0.717) is 78.8 Å². The van der Waals surface area contributed by atoms with Crippen molar-refractivity contribution in [2.24, 2.45) is 13.0 Å². The van der Waals surface area contributed by atoms with Gasteiger partial charge in [0.25, 0.3) is 0 Å². The molecule has 0 spiro atoms. The summed E-state index contributed by atoms with van der Waals surface area (Å²) in [5.74, 6) is 1.02. The number of carbonyl (C=O) groups is 3. The van der Waals surface area contributed by atoms with Gasteiger partial charge in [-0.15, -0.1) is 6.42 Å². The van der Waals surface area contributed by atoms with E-state index < -0.39 is 29.7 Å². The summed E-state index contributed by atoms with van der Waals surface area (Å²) in [6.07, 6.45) is 15.8. The summed E-state index contributed by atoms with van der Waals surface area (Å²) in [6.45, 7) is 5.73. The first-order chi connectivity index (χ1) is 38.3. The van der Waals surface area contributed by atoms with Crippen molar-refractivity contribution in [2.75, 3.05) is 57.3 Å². The number of nitrogens with zero attached hydrogens (tertiary/aromatic N) is 9. The molecule has 3 N–H and O–H groups in total. The SMILES string of the molecule is C#Cc1c(F)ccc2cccc(-c3ncc4c(N5CC6CCC(C5)N6)nc(OC[C@@]56CCCN5[C@H](CC5CN(C(=O)O)CCC5OC5CCN(Cc7ccc8c(c7)n(C)c(=O)n8C7CCC(=O)NC7=O)CC5)CC6)nc4c3F)c12. The Morgan fingerprint density at radius 3 is 2.53 bits per heavy atom. The molecule has 7 saturated heterocycles. The Hall–Kier alpha value is -7.05. The van der Waals surface area contributed by atoms with Gasteiger partial charge in [0, 0.05) is 100 Å². The molecule has 5 unspecified atom stereocenters. The van der Waals surface area contributed by atoms with Crippen LogP contribution in [0.15, 0.2) is 59.5 Å². The summed E-state index contributed by atoms with van der Waals surface area (Å²) in [5, 5.41) is 17.8. The number of hydrogen-bond acceptors (Lipinski definition) is 13. The maximum Gasteiger partial charge on any atom is 0.407 e. The van der Waals surface area contributed by atoms with Crippen molar-refractivity contribution in [2.45, 2.75) is 126 Å². The molecule has 3 aromatic carbocycles. The Balaban J connectivity index is 0.700. The molecular formula is C59H65F2N11O7. The van der Waals surface area contributed by atoms with Crippen molar-refractivity contribution >= 4 is 56.4 Å². The minimum absolute atomic E-state index is 0.00234. The zero-order valence-electron chi connectivity index (χ0n) is 44.3. The minimum Gasteiger partial charge on any atom is -0.465 e. The third-order valence-corrected chi connectivity index (χ3v) is 18.6. The maximum atomic E-state index is 17.4. The first kappa shape index (κ1) is 51.4. The topological polar surface area (TPSA) is 193 Å². The van der Waals surface area contributed by atoms with E-state index in [1.54, 1.807) is 40.9 Å². The van der Waals surface area contributed by atoms with Gasteiger partial charge in [-0.1, -0.05) is 36.3 Å². The van der Waals surface area contributed by atoms with Gasteiger partial charge in [-0.05, 0) is 106 Å². The van der Waals surface area contributed by atoms with E-state index >= 15 is 8.78 Å². The predicted molar refractivity (Wildman–Crippen MR) is 292 cm³/mol. The first-order valence-corrected chi connectivity index (χ1v) is 28.2. The van der Waals surface area contributed by atoms with Crippen molar-refractivity contribution < 1.29 is 37.7 Å². The molecule has 13 rings (SSSR count).